The summed E-state index contributed by atoms with van der Waals surface area (Å²) in [7, 11) is 3.30. The van der Waals surface area contributed by atoms with Crippen LogP contribution in [0.5, 0.6) is 5.75 Å². The zero-order valence-corrected chi connectivity index (χ0v) is 9.57. The van der Waals surface area contributed by atoms with Gasteiger partial charge in [0.2, 0.25) is 0 Å². The number of nitrogens with zero attached hydrogens (tertiary/aromatic N) is 1. The van der Waals surface area contributed by atoms with Crippen molar-refractivity contribution in [1.29, 1.82) is 0 Å². The smallest absolute Gasteiger partial charge is 0.251 e. The van der Waals surface area contributed by atoms with Crippen molar-refractivity contribution in [2.45, 2.75) is 6.92 Å². The lowest BCUT2D eigenvalue weighted by Crippen LogP contribution is -2.16. The second kappa shape index (κ2) is 3.56. The number of nitrogens with two attached hydrogens (primary N) is 1. The van der Waals surface area contributed by atoms with Crippen molar-refractivity contribution < 1.29 is 4.74 Å². The summed E-state index contributed by atoms with van der Waals surface area (Å²) in [6.07, 6.45) is 0. The van der Waals surface area contributed by atoms with Crippen molar-refractivity contribution in [2.24, 2.45) is 7.05 Å². The van der Waals surface area contributed by atoms with Gasteiger partial charge in [-0.25, -0.2) is 0 Å². The highest BCUT2D eigenvalue weighted by molar-refractivity contribution is 5.88. The molecule has 4 heteroatoms. The van der Waals surface area contributed by atoms with Gasteiger partial charge in [-0.1, -0.05) is 0 Å². The fourth-order valence-corrected chi connectivity index (χ4v) is 1.83. The number of hydrogen-bond acceptors (Lipinski definition) is 3. The zero-order valence-electron chi connectivity index (χ0n) is 9.57. The number of methoxy groups -OCH3 is 1. The van der Waals surface area contributed by atoms with Crippen LogP contribution in [0.15, 0.2) is 23.0 Å². The minimum Gasteiger partial charge on any atom is -0.495 e. The third kappa shape index (κ3) is 1.43. The SMILES string of the molecule is COc1cc2c(cc1N)c(C)cc(=O)n2C. The number of hydrogen-bond donors (Lipinski definition) is 1. The van der Waals surface area contributed by atoms with Crippen LogP contribution in [-0.4, -0.2) is 11.7 Å². The molecule has 0 aliphatic carbocycles. The van der Waals surface area contributed by atoms with Crippen LogP contribution in [0.2, 0.25) is 0 Å². The third-order valence-electron chi connectivity index (χ3n) is 2.80. The monoisotopic (exact) mass is 218 g/mol. The normalized spacial score (nSPS) is 10.7. The minimum atomic E-state index is -0.0307. The van der Waals surface area contributed by atoms with Crippen LogP contribution in [-0.2, 0) is 7.05 Å². The third-order valence-corrected chi connectivity index (χ3v) is 2.80. The Balaban J connectivity index is 2.96. The molecule has 1 aromatic carbocycles. The van der Waals surface area contributed by atoms with E-state index in [-0.39, 0.29) is 5.56 Å². The lowest BCUT2D eigenvalue weighted by molar-refractivity contribution is 0.417. The molecule has 1 heterocycles. The summed E-state index contributed by atoms with van der Waals surface area (Å²) >= 11 is 0. The molecule has 16 heavy (non-hydrogen) atoms. The number of aryl methyl sites for hydroxylation is 2. The Morgan fingerprint density at radius 3 is 2.62 bits per heavy atom. The number of anilines is 1. The predicted molar refractivity (Wildman–Crippen MR) is 64.9 cm³/mol. The topological polar surface area (TPSA) is 57.2 Å². The Hall–Kier alpha value is -1.97. The summed E-state index contributed by atoms with van der Waals surface area (Å²) in [5.74, 6) is 0.591. The van der Waals surface area contributed by atoms with Crippen LogP contribution >= 0.6 is 0 Å². The van der Waals surface area contributed by atoms with Crippen molar-refractivity contribution >= 4 is 16.6 Å². The number of aromatic nitrogens is 1. The van der Waals surface area contributed by atoms with Gasteiger partial charge in [-0.3, -0.25) is 4.79 Å². The number of pyridine rings is 1. The Kier molecular flexibility index (Phi) is 2.34. The van der Waals surface area contributed by atoms with E-state index in [1.54, 1.807) is 30.9 Å². The highest BCUT2D eigenvalue weighted by atomic mass is 16.5. The maximum absolute atomic E-state index is 11.6. The van der Waals surface area contributed by atoms with E-state index in [0.717, 1.165) is 16.5 Å². The Morgan fingerprint density at radius 1 is 1.31 bits per heavy atom. The van der Waals surface area contributed by atoms with Gasteiger partial charge in [0, 0.05) is 24.6 Å². The van der Waals surface area contributed by atoms with Crippen molar-refractivity contribution in [1.82, 2.24) is 4.57 Å². The minimum absolute atomic E-state index is 0.0307. The van der Waals surface area contributed by atoms with E-state index >= 15 is 0 Å². The van der Waals surface area contributed by atoms with Gasteiger partial charge in [0.05, 0.1) is 18.3 Å². The van der Waals surface area contributed by atoms with Crippen molar-refractivity contribution in [3.05, 3.63) is 34.1 Å². The lowest BCUT2D eigenvalue weighted by atomic mass is 10.1. The summed E-state index contributed by atoms with van der Waals surface area (Å²) in [5.41, 5.74) is 8.14. The van der Waals surface area contributed by atoms with Gasteiger partial charge in [-0.2, -0.15) is 0 Å². The average molecular weight is 218 g/mol. The molecular formula is C12H14N2O2. The molecule has 0 atom stereocenters. The standard InChI is InChI=1S/C12H14N2O2/c1-7-4-12(15)14(2)10-6-11(16-3)9(13)5-8(7)10/h4-6H,13H2,1-3H3. The van der Waals surface area contributed by atoms with Gasteiger partial charge < -0.3 is 15.0 Å². The Bertz CT molecular complexity index is 614. The largest absolute Gasteiger partial charge is 0.495 e. The molecule has 0 saturated heterocycles. The molecule has 0 unspecified atom stereocenters. The molecule has 0 aliphatic rings. The second-order valence-electron chi connectivity index (χ2n) is 3.84. The van der Waals surface area contributed by atoms with Crippen LogP contribution < -0.4 is 16.0 Å². The number of ether oxygens (including phenoxy) is 1. The molecule has 0 saturated carbocycles. The average Bonchev–Trinajstić information content (AvgIpc) is 2.25. The van der Waals surface area contributed by atoms with Crippen molar-refractivity contribution in [3.63, 3.8) is 0 Å². The van der Waals surface area contributed by atoms with Crippen molar-refractivity contribution in [2.75, 3.05) is 12.8 Å². The van der Waals surface area contributed by atoms with Crippen LogP contribution in [0.4, 0.5) is 5.69 Å². The highest BCUT2D eigenvalue weighted by Gasteiger charge is 2.07. The van der Waals surface area contributed by atoms with E-state index in [4.69, 9.17) is 10.5 Å². The van der Waals surface area contributed by atoms with Crippen LogP contribution in [0.25, 0.3) is 10.9 Å². The maximum Gasteiger partial charge on any atom is 0.251 e. The maximum atomic E-state index is 11.6. The molecule has 2 rings (SSSR count). The first-order valence-electron chi connectivity index (χ1n) is 4.98. The lowest BCUT2D eigenvalue weighted by Gasteiger charge is -2.11. The van der Waals surface area contributed by atoms with Gasteiger partial charge in [0.1, 0.15) is 5.75 Å². The van der Waals surface area contributed by atoms with Gasteiger partial charge in [-0.05, 0) is 18.6 Å². The summed E-state index contributed by atoms with van der Waals surface area (Å²) in [6, 6.07) is 5.23. The van der Waals surface area contributed by atoms with E-state index in [0.29, 0.717) is 11.4 Å². The van der Waals surface area contributed by atoms with Gasteiger partial charge in [-0.15, -0.1) is 0 Å². The number of fused-ring (bicyclic) bond motifs is 1. The van der Waals surface area contributed by atoms with Crippen LogP contribution in [0.1, 0.15) is 5.56 Å². The first-order valence-corrected chi connectivity index (χ1v) is 4.98. The fraction of sp³-hybridized carbons (Fsp3) is 0.250. The summed E-state index contributed by atoms with van der Waals surface area (Å²) in [4.78, 5) is 11.6. The van der Waals surface area contributed by atoms with Gasteiger partial charge in [0.15, 0.2) is 0 Å². The van der Waals surface area contributed by atoms with Crippen LogP contribution in [0.3, 0.4) is 0 Å². The molecule has 0 spiro atoms. The Morgan fingerprint density at radius 2 is 2.00 bits per heavy atom. The molecule has 0 radical (unpaired) electrons. The predicted octanol–water partition coefficient (Wildman–Crippen LogP) is 1.44. The van der Waals surface area contributed by atoms with E-state index in [9.17, 15) is 4.79 Å². The molecule has 0 bridgehead atoms. The first kappa shape index (κ1) is 10.5. The van der Waals surface area contributed by atoms with Crippen molar-refractivity contribution in [3.8, 4) is 5.75 Å². The zero-order chi connectivity index (χ0) is 11.9. The molecule has 84 valence electrons. The van der Waals surface area contributed by atoms with Gasteiger partial charge >= 0.3 is 0 Å². The number of nitrogen functional groups attached to an aromatic ring is 1. The molecule has 4 nitrogen and oxygen atoms in total. The van der Waals surface area contributed by atoms with Crippen LogP contribution in [0, 0.1) is 6.92 Å². The fourth-order valence-electron chi connectivity index (χ4n) is 1.83. The Labute approximate surface area is 93.3 Å². The van der Waals surface area contributed by atoms with E-state index in [1.807, 2.05) is 13.0 Å². The van der Waals surface area contributed by atoms with E-state index in [2.05, 4.69) is 0 Å². The highest BCUT2D eigenvalue weighted by Crippen LogP contribution is 2.28. The summed E-state index contributed by atoms with van der Waals surface area (Å²) < 4.78 is 6.74. The number of rotatable bonds is 1. The van der Waals surface area contributed by atoms with Gasteiger partial charge in [0.25, 0.3) is 5.56 Å². The molecule has 0 amide bonds. The number of benzene rings is 1. The van der Waals surface area contributed by atoms with E-state index < -0.39 is 0 Å². The molecule has 0 aliphatic heterocycles. The van der Waals surface area contributed by atoms with E-state index in [1.165, 1.54) is 0 Å². The molecular weight excluding hydrogens is 204 g/mol. The molecule has 2 aromatic rings. The molecule has 2 N–H and O–H groups in total. The quantitative estimate of drug-likeness (QED) is 0.737. The first-order chi connectivity index (χ1) is 7.54. The summed E-state index contributed by atoms with van der Waals surface area (Å²) in [6.45, 7) is 1.90. The second-order valence-corrected chi connectivity index (χ2v) is 3.84. The summed E-state index contributed by atoms with van der Waals surface area (Å²) in [5, 5.41) is 0.973. The molecule has 0 fully saturated rings. The molecule has 1 aromatic heterocycles.